The number of carbonyl (C=O) groups excluding carboxylic acids is 1. The van der Waals surface area contributed by atoms with Gasteiger partial charge >= 0.3 is 5.97 Å². The van der Waals surface area contributed by atoms with E-state index in [-0.39, 0.29) is 24.5 Å². The van der Waals surface area contributed by atoms with Crippen LogP contribution in [-0.4, -0.2) is 43.8 Å². The molecule has 20 heavy (non-hydrogen) atoms. The fourth-order valence-corrected chi connectivity index (χ4v) is 2.10. The second-order valence-electron chi connectivity index (χ2n) is 4.20. The van der Waals surface area contributed by atoms with Crippen LogP contribution in [-0.2, 0) is 14.3 Å². The average Bonchev–Trinajstić information content (AvgIpc) is 2.46. The maximum Gasteiger partial charge on any atom is 0.330 e. The highest BCUT2D eigenvalue weighted by molar-refractivity contribution is 5.82. The molecule has 2 rings (SSSR count). The van der Waals surface area contributed by atoms with E-state index in [0.717, 1.165) is 18.2 Å². The molecule has 1 aliphatic rings. The van der Waals surface area contributed by atoms with Crippen LogP contribution in [0.2, 0.25) is 0 Å². The van der Waals surface area contributed by atoms with Gasteiger partial charge in [-0.1, -0.05) is 0 Å². The van der Waals surface area contributed by atoms with Gasteiger partial charge in [-0.3, -0.25) is 10.1 Å². The fraction of sp³-hybridized carbons (Fsp3) is 0.417. The Hall–Kier alpha value is -2.22. The first-order chi connectivity index (χ1) is 9.54. The zero-order valence-corrected chi connectivity index (χ0v) is 10.7. The Bertz CT molecular complexity index is 537. The third kappa shape index (κ3) is 2.69. The van der Waals surface area contributed by atoms with E-state index < -0.39 is 22.8 Å². The molecule has 1 unspecified atom stereocenters. The van der Waals surface area contributed by atoms with Gasteiger partial charge in [0, 0.05) is 18.7 Å². The van der Waals surface area contributed by atoms with Crippen LogP contribution in [0.25, 0.3) is 0 Å². The van der Waals surface area contributed by atoms with Gasteiger partial charge < -0.3 is 14.4 Å². The van der Waals surface area contributed by atoms with Gasteiger partial charge in [-0.2, -0.15) is 0 Å². The van der Waals surface area contributed by atoms with Crippen LogP contribution in [0.5, 0.6) is 0 Å². The molecule has 0 radical (unpaired) electrons. The summed E-state index contributed by atoms with van der Waals surface area (Å²) >= 11 is 0. The van der Waals surface area contributed by atoms with Crippen LogP contribution in [0.15, 0.2) is 18.2 Å². The number of halogens is 1. The molecule has 0 N–H and O–H groups in total. The number of rotatable bonds is 3. The first-order valence-corrected chi connectivity index (χ1v) is 5.90. The second-order valence-corrected chi connectivity index (χ2v) is 4.20. The van der Waals surface area contributed by atoms with E-state index in [4.69, 9.17) is 4.74 Å². The Labute approximate surface area is 114 Å². The molecule has 1 saturated heterocycles. The maximum atomic E-state index is 13.4. The highest BCUT2D eigenvalue weighted by atomic mass is 19.1. The number of benzene rings is 1. The molecule has 0 spiro atoms. The summed E-state index contributed by atoms with van der Waals surface area (Å²) in [6, 6.07) is 2.30. The van der Waals surface area contributed by atoms with Gasteiger partial charge in [-0.25, -0.2) is 9.18 Å². The molecule has 108 valence electrons. The molecule has 1 atom stereocenters. The predicted molar refractivity (Wildman–Crippen MR) is 67.0 cm³/mol. The molecule has 0 bridgehead atoms. The molecule has 1 aromatic rings. The first-order valence-electron chi connectivity index (χ1n) is 5.90. The van der Waals surface area contributed by atoms with Crippen molar-refractivity contribution in [2.45, 2.75) is 6.04 Å². The minimum Gasteiger partial charge on any atom is -0.467 e. The van der Waals surface area contributed by atoms with Crippen LogP contribution >= 0.6 is 0 Å². The number of ether oxygens (including phenoxy) is 2. The standard InChI is InChI=1S/C12H13FN2O5/c1-19-12(16)11-7-20-5-4-14(11)10-6-8(13)2-3-9(10)15(17)18/h2-3,6,11H,4-5,7H2,1H3. The Morgan fingerprint density at radius 2 is 2.35 bits per heavy atom. The lowest BCUT2D eigenvalue weighted by molar-refractivity contribution is -0.384. The molecule has 0 amide bonds. The van der Waals surface area contributed by atoms with Crippen molar-refractivity contribution in [2.24, 2.45) is 0 Å². The molecular weight excluding hydrogens is 271 g/mol. The molecular formula is C12H13FN2O5. The van der Waals surface area contributed by atoms with Crippen molar-refractivity contribution in [3.05, 3.63) is 34.1 Å². The number of nitro groups is 1. The third-order valence-electron chi connectivity index (χ3n) is 3.05. The van der Waals surface area contributed by atoms with E-state index in [0.29, 0.717) is 6.61 Å². The van der Waals surface area contributed by atoms with Crippen LogP contribution in [0, 0.1) is 15.9 Å². The smallest absolute Gasteiger partial charge is 0.330 e. The van der Waals surface area contributed by atoms with E-state index >= 15 is 0 Å². The zero-order chi connectivity index (χ0) is 14.7. The number of hydrogen-bond donors (Lipinski definition) is 0. The lowest BCUT2D eigenvalue weighted by atomic mass is 10.1. The highest BCUT2D eigenvalue weighted by Crippen LogP contribution is 2.31. The van der Waals surface area contributed by atoms with Gasteiger partial charge in [0.2, 0.25) is 0 Å². The number of nitro benzene ring substituents is 1. The van der Waals surface area contributed by atoms with Gasteiger partial charge in [0.05, 0.1) is 25.2 Å². The third-order valence-corrected chi connectivity index (χ3v) is 3.05. The van der Waals surface area contributed by atoms with Crippen LogP contribution in [0.4, 0.5) is 15.8 Å². The largest absolute Gasteiger partial charge is 0.467 e. The minimum atomic E-state index is -0.825. The van der Waals surface area contributed by atoms with Crippen molar-refractivity contribution < 1.29 is 23.6 Å². The summed E-state index contributed by atoms with van der Waals surface area (Å²) in [7, 11) is 1.22. The van der Waals surface area contributed by atoms with Gasteiger partial charge in [-0.05, 0) is 6.07 Å². The number of esters is 1. The van der Waals surface area contributed by atoms with Crippen LogP contribution in [0.1, 0.15) is 0 Å². The predicted octanol–water partition coefficient (Wildman–Crippen LogP) is 1.11. The van der Waals surface area contributed by atoms with Crippen molar-refractivity contribution >= 4 is 17.3 Å². The van der Waals surface area contributed by atoms with Gasteiger partial charge in [0.15, 0.2) is 6.04 Å². The van der Waals surface area contributed by atoms with Gasteiger partial charge in [0.1, 0.15) is 11.5 Å². The number of methoxy groups -OCH3 is 1. The lowest BCUT2D eigenvalue weighted by Crippen LogP contribution is -2.50. The molecule has 1 fully saturated rings. The molecule has 7 nitrogen and oxygen atoms in total. The summed E-state index contributed by atoms with van der Waals surface area (Å²) in [5.74, 6) is -1.19. The van der Waals surface area contributed by atoms with E-state index in [2.05, 4.69) is 4.74 Å². The van der Waals surface area contributed by atoms with Crippen molar-refractivity contribution in [3.8, 4) is 0 Å². The SMILES string of the molecule is COC(=O)C1COCCN1c1cc(F)ccc1[N+](=O)[O-]. The number of anilines is 1. The number of morpholine rings is 1. The van der Waals surface area contributed by atoms with E-state index in [1.165, 1.54) is 12.0 Å². The minimum absolute atomic E-state index is 0.0420. The van der Waals surface area contributed by atoms with Crippen molar-refractivity contribution in [1.82, 2.24) is 0 Å². The molecule has 0 aliphatic carbocycles. The molecule has 1 aromatic carbocycles. The lowest BCUT2D eigenvalue weighted by Gasteiger charge is -2.34. The number of nitrogens with zero attached hydrogens (tertiary/aromatic N) is 2. The number of carbonyl (C=O) groups is 1. The van der Waals surface area contributed by atoms with Crippen LogP contribution < -0.4 is 4.90 Å². The van der Waals surface area contributed by atoms with Crippen molar-refractivity contribution in [3.63, 3.8) is 0 Å². The highest BCUT2D eigenvalue weighted by Gasteiger charge is 2.34. The van der Waals surface area contributed by atoms with Crippen molar-refractivity contribution in [1.29, 1.82) is 0 Å². The quantitative estimate of drug-likeness (QED) is 0.470. The zero-order valence-electron chi connectivity index (χ0n) is 10.7. The Morgan fingerprint density at radius 1 is 1.60 bits per heavy atom. The van der Waals surface area contributed by atoms with Crippen molar-refractivity contribution in [2.75, 3.05) is 31.8 Å². The Kier molecular flexibility index (Phi) is 4.14. The normalized spacial score (nSPS) is 18.7. The summed E-state index contributed by atoms with van der Waals surface area (Å²) in [5.41, 5.74) is -0.212. The summed E-state index contributed by atoms with van der Waals surface area (Å²) in [6.07, 6.45) is 0. The summed E-state index contributed by atoms with van der Waals surface area (Å²) in [4.78, 5) is 23.6. The summed E-state index contributed by atoms with van der Waals surface area (Å²) < 4.78 is 23.2. The fourth-order valence-electron chi connectivity index (χ4n) is 2.10. The number of hydrogen-bond acceptors (Lipinski definition) is 6. The van der Waals surface area contributed by atoms with E-state index in [1.54, 1.807) is 0 Å². The van der Waals surface area contributed by atoms with Gasteiger partial charge in [0.25, 0.3) is 5.69 Å². The molecule has 0 saturated carbocycles. The van der Waals surface area contributed by atoms with Gasteiger partial charge in [-0.15, -0.1) is 0 Å². The van der Waals surface area contributed by atoms with E-state index in [1.807, 2.05) is 0 Å². The van der Waals surface area contributed by atoms with E-state index in [9.17, 15) is 19.3 Å². The second kappa shape index (κ2) is 5.83. The monoisotopic (exact) mass is 284 g/mol. The first kappa shape index (κ1) is 14.2. The molecule has 8 heteroatoms. The summed E-state index contributed by atoms with van der Waals surface area (Å²) in [6.45, 7) is 0.575. The Morgan fingerprint density at radius 3 is 3.00 bits per heavy atom. The molecule has 0 aromatic heterocycles. The summed E-state index contributed by atoms with van der Waals surface area (Å²) in [5, 5.41) is 11.0. The molecule has 1 heterocycles. The maximum absolute atomic E-state index is 13.4. The Balaban J connectivity index is 2.44. The van der Waals surface area contributed by atoms with Crippen LogP contribution in [0.3, 0.4) is 0 Å². The average molecular weight is 284 g/mol. The topological polar surface area (TPSA) is 81.9 Å². The molecule has 1 aliphatic heterocycles.